The van der Waals surface area contributed by atoms with E-state index in [1.54, 1.807) is 12.3 Å². The maximum Gasteiger partial charge on any atom is 0.326 e. The number of benzene rings is 2. The number of pyridine rings is 2. The van der Waals surface area contributed by atoms with Gasteiger partial charge in [-0.2, -0.15) is 0 Å². The second kappa shape index (κ2) is 16.1. The summed E-state index contributed by atoms with van der Waals surface area (Å²) in [5, 5.41) is 4.01. The van der Waals surface area contributed by atoms with E-state index in [0.717, 1.165) is 64.9 Å². The molecule has 0 bridgehead atoms. The first-order chi connectivity index (χ1) is 22.2. The van der Waals surface area contributed by atoms with Crippen molar-refractivity contribution in [3.63, 3.8) is 0 Å². The number of unbranched alkanes of at least 4 members (excludes halogenated alkanes) is 1. The number of H-pyrrole nitrogens is 1. The predicted octanol–water partition coefficient (Wildman–Crippen LogP) is 8.53. The van der Waals surface area contributed by atoms with E-state index in [1.165, 1.54) is 4.90 Å². The smallest absolute Gasteiger partial charge is 0.307 e. The molecule has 2 aromatic heterocycles. The molecule has 4 rings (SSSR count). The average Bonchev–Trinajstić information content (AvgIpc) is 3.05. The van der Waals surface area contributed by atoms with Gasteiger partial charge in [0.05, 0.1) is 6.54 Å². The van der Waals surface area contributed by atoms with Crippen molar-refractivity contribution >= 4 is 28.4 Å². The molecule has 7 nitrogen and oxygen atoms in total. The molecule has 240 valence electrons. The summed E-state index contributed by atoms with van der Waals surface area (Å²) in [5.41, 5.74) is 6.43. The zero-order chi connectivity index (χ0) is 33.2. The molecule has 0 radical (unpaired) electrons. The van der Waals surface area contributed by atoms with Gasteiger partial charge in [-0.25, -0.2) is 9.78 Å². The Morgan fingerprint density at radius 3 is 2.37 bits per heavy atom. The lowest BCUT2D eigenvalue weighted by Crippen LogP contribution is -2.39. The molecule has 2 heterocycles. The molecular weight excluding hydrogens is 570 g/mol. The van der Waals surface area contributed by atoms with E-state index in [9.17, 15) is 9.59 Å². The van der Waals surface area contributed by atoms with Crippen molar-refractivity contribution in [3.05, 3.63) is 100 Å². The minimum atomic E-state index is -0.358. The summed E-state index contributed by atoms with van der Waals surface area (Å²) in [4.78, 5) is 38.3. The number of nitrogens with one attached hydrogen (secondary N) is 2. The van der Waals surface area contributed by atoms with Gasteiger partial charge in [-0.3, -0.25) is 14.6 Å². The third-order valence-electron chi connectivity index (χ3n) is 8.22. The van der Waals surface area contributed by atoms with Gasteiger partial charge in [0.15, 0.2) is 0 Å². The monoisotopic (exact) mass is 617 g/mol. The fourth-order valence-corrected chi connectivity index (χ4v) is 5.51. The van der Waals surface area contributed by atoms with Crippen molar-refractivity contribution in [2.45, 2.75) is 66.2 Å². The molecule has 0 spiro atoms. The van der Waals surface area contributed by atoms with Crippen LogP contribution in [0.3, 0.4) is 0 Å². The lowest BCUT2D eigenvalue weighted by atomic mass is 9.88. The number of carbonyl (C=O) groups is 1. The summed E-state index contributed by atoms with van der Waals surface area (Å²) >= 11 is 0. The number of anilines is 2. The zero-order valence-corrected chi connectivity index (χ0v) is 28.1. The topological polar surface area (TPSA) is 81.3 Å². The number of nitrogens with zero attached hydrogens (tertiary/aromatic N) is 3. The highest BCUT2D eigenvalue weighted by Crippen LogP contribution is 2.38. The van der Waals surface area contributed by atoms with Gasteiger partial charge >= 0.3 is 6.03 Å². The lowest BCUT2D eigenvalue weighted by molar-refractivity contribution is 0.256. The van der Waals surface area contributed by atoms with Gasteiger partial charge in [0.25, 0.3) is 5.56 Å². The molecular formula is C39H47N5O2. The Bertz CT molecular complexity index is 1760. The fourth-order valence-electron chi connectivity index (χ4n) is 5.51. The van der Waals surface area contributed by atoms with Crippen molar-refractivity contribution in [3.8, 4) is 23.0 Å². The summed E-state index contributed by atoms with van der Waals surface area (Å²) in [6.45, 7) is 19.7. The van der Waals surface area contributed by atoms with Gasteiger partial charge in [-0.15, -0.1) is 6.58 Å². The van der Waals surface area contributed by atoms with Gasteiger partial charge in [-0.05, 0) is 102 Å². The van der Waals surface area contributed by atoms with E-state index in [0.29, 0.717) is 18.6 Å². The van der Waals surface area contributed by atoms with Gasteiger partial charge in [-0.1, -0.05) is 71.6 Å². The molecule has 0 atom stereocenters. The van der Waals surface area contributed by atoms with Crippen LogP contribution in [0.2, 0.25) is 0 Å². The summed E-state index contributed by atoms with van der Waals surface area (Å²) in [7, 11) is 0. The molecule has 46 heavy (non-hydrogen) atoms. The van der Waals surface area contributed by atoms with E-state index in [2.05, 4.69) is 104 Å². The van der Waals surface area contributed by atoms with Crippen molar-refractivity contribution < 1.29 is 4.79 Å². The summed E-state index contributed by atoms with van der Waals surface area (Å²) in [5.74, 6) is 6.92. The van der Waals surface area contributed by atoms with Crippen LogP contribution in [0.25, 0.3) is 22.2 Å². The summed E-state index contributed by atoms with van der Waals surface area (Å²) < 4.78 is 0. The first-order valence-electron chi connectivity index (χ1n) is 16.3. The SMILES string of the molecule is C=CCCCN(C(=O)Nc1c(C(C)C)cc(-c2cccc(C#CCN(CC)CC)c2)cc1C(C)C)c1cc2cccnc2[nH]c1=O. The van der Waals surface area contributed by atoms with Crippen molar-refractivity contribution in [1.29, 1.82) is 0 Å². The van der Waals surface area contributed by atoms with Gasteiger partial charge in [0, 0.05) is 29.4 Å². The molecule has 2 aromatic carbocycles. The molecule has 2 amide bonds. The molecule has 0 unspecified atom stereocenters. The molecule has 0 fully saturated rings. The second-order valence-corrected chi connectivity index (χ2v) is 12.1. The van der Waals surface area contributed by atoms with Crippen molar-refractivity contribution in [2.75, 3.05) is 36.4 Å². The van der Waals surface area contributed by atoms with Crippen LogP contribution >= 0.6 is 0 Å². The maximum atomic E-state index is 14.1. The van der Waals surface area contributed by atoms with Crippen molar-refractivity contribution in [2.24, 2.45) is 0 Å². The molecule has 0 aliphatic rings. The number of allylic oxidation sites excluding steroid dienone is 1. The van der Waals surface area contributed by atoms with Gasteiger partial charge < -0.3 is 10.3 Å². The quantitative estimate of drug-likeness (QED) is 0.0948. The van der Waals surface area contributed by atoms with E-state index in [-0.39, 0.29) is 29.1 Å². The highest BCUT2D eigenvalue weighted by molar-refractivity contribution is 6.03. The number of urea groups is 1. The normalized spacial score (nSPS) is 11.2. The van der Waals surface area contributed by atoms with Crippen LogP contribution in [0.1, 0.15) is 82.9 Å². The molecule has 0 aliphatic heterocycles. The number of aromatic amines is 1. The minimum Gasteiger partial charge on any atom is -0.307 e. The number of hydrogen-bond donors (Lipinski definition) is 2. The van der Waals surface area contributed by atoms with E-state index >= 15 is 0 Å². The Morgan fingerprint density at radius 1 is 1.00 bits per heavy atom. The fraction of sp³-hybridized carbons (Fsp3) is 0.359. The van der Waals surface area contributed by atoms with E-state index in [1.807, 2.05) is 30.3 Å². The second-order valence-electron chi connectivity index (χ2n) is 12.1. The number of hydrogen-bond acceptors (Lipinski definition) is 4. The Kier molecular flexibility index (Phi) is 11.9. The van der Waals surface area contributed by atoms with E-state index in [4.69, 9.17) is 0 Å². The number of fused-ring (bicyclic) bond motifs is 1. The minimum absolute atomic E-state index is 0.133. The lowest BCUT2D eigenvalue weighted by Gasteiger charge is -2.27. The zero-order valence-electron chi connectivity index (χ0n) is 28.1. The maximum absolute atomic E-state index is 14.1. The first kappa shape index (κ1) is 34.2. The van der Waals surface area contributed by atoms with Crippen LogP contribution < -0.4 is 15.8 Å². The predicted molar refractivity (Wildman–Crippen MR) is 193 cm³/mol. The number of amides is 2. The Balaban J connectivity index is 1.74. The Morgan fingerprint density at radius 2 is 1.72 bits per heavy atom. The number of rotatable bonds is 12. The summed E-state index contributed by atoms with van der Waals surface area (Å²) in [6, 6.07) is 17.8. The Labute approximate surface area is 273 Å². The third kappa shape index (κ3) is 8.32. The Hall–Kier alpha value is -4.67. The van der Waals surface area contributed by atoms with Crippen LogP contribution in [-0.2, 0) is 0 Å². The third-order valence-corrected chi connectivity index (χ3v) is 8.22. The standard InChI is InChI=1S/C39H47N5O2/c1-8-11-12-22-44(35-26-31-19-14-20-40-37(31)42-38(35)45)39(46)41-36-33(27(4)5)24-32(25-34(36)28(6)7)30-18-13-16-29(23-30)17-15-21-43(9-2)10-3/h8,13-14,16,18-20,23-28H,1,9-12,21-22H2,2-7H3,(H,41,46)(H,40,42,45). The van der Waals surface area contributed by atoms with Gasteiger partial charge in [0.2, 0.25) is 0 Å². The van der Waals surface area contributed by atoms with Crippen LogP contribution in [-0.4, -0.2) is 47.1 Å². The largest absolute Gasteiger partial charge is 0.326 e. The molecule has 2 N–H and O–H groups in total. The molecule has 7 heteroatoms. The van der Waals surface area contributed by atoms with Crippen LogP contribution in [0, 0.1) is 11.8 Å². The van der Waals surface area contributed by atoms with Crippen LogP contribution in [0.4, 0.5) is 16.2 Å². The molecule has 4 aromatic rings. The number of carbonyl (C=O) groups excluding carboxylic acids is 1. The molecule has 0 aliphatic carbocycles. The average molecular weight is 618 g/mol. The molecule has 0 saturated carbocycles. The summed E-state index contributed by atoms with van der Waals surface area (Å²) in [6.07, 6.45) is 4.85. The molecule has 0 saturated heterocycles. The van der Waals surface area contributed by atoms with Crippen LogP contribution in [0.15, 0.2) is 78.2 Å². The van der Waals surface area contributed by atoms with E-state index < -0.39 is 0 Å². The highest BCUT2D eigenvalue weighted by Gasteiger charge is 2.24. The van der Waals surface area contributed by atoms with Crippen molar-refractivity contribution in [1.82, 2.24) is 14.9 Å². The highest BCUT2D eigenvalue weighted by atomic mass is 16.2. The van der Waals surface area contributed by atoms with Gasteiger partial charge in [0.1, 0.15) is 11.3 Å². The van der Waals surface area contributed by atoms with Crippen LogP contribution in [0.5, 0.6) is 0 Å². The number of aromatic nitrogens is 2. The first-order valence-corrected chi connectivity index (χ1v) is 16.3.